The first-order valence-electron chi connectivity index (χ1n) is 9.31. The maximum atomic E-state index is 12.5. The molecule has 1 amide bonds. The first-order chi connectivity index (χ1) is 12.5. The van der Waals surface area contributed by atoms with Crippen molar-refractivity contribution in [1.29, 1.82) is 0 Å². The van der Waals surface area contributed by atoms with Crippen molar-refractivity contribution in [3.63, 3.8) is 0 Å². The number of nitrogens with one attached hydrogen (secondary N) is 2. The van der Waals surface area contributed by atoms with E-state index in [1.165, 1.54) is 43.4 Å². The van der Waals surface area contributed by atoms with E-state index in [4.69, 9.17) is 0 Å². The van der Waals surface area contributed by atoms with Crippen LogP contribution in [0, 0.1) is 6.92 Å². The lowest BCUT2D eigenvalue weighted by Gasteiger charge is -2.22. The van der Waals surface area contributed by atoms with Crippen LogP contribution in [0.2, 0.25) is 0 Å². The summed E-state index contributed by atoms with van der Waals surface area (Å²) in [6.45, 7) is 2.43. The molecule has 26 heavy (non-hydrogen) atoms. The first kappa shape index (κ1) is 18.7. The van der Waals surface area contributed by atoms with Crippen molar-refractivity contribution in [3.05, 3.63) is 40.4 Å². The smallest absolute Gasteiger partial charge is 0.263 e. The third-order valence-electron chi connectivity index (χ3n) is 4.84. The van der Waals surface area contributed by atoms with E-state index >= 15 is 0 Å². The van der Waals surface area contributed by atoms with Gasteiger partial charge in [0.2, 0.25) is 0 Å². The number of benzene rings is 1. The van der Waals surface area contributed by atoms with Gasteiger partial charge in [-0.25, -0.2) is 4.98 Å². The molecule has 0 spiro atoms. The van der Waals surface area contributed by atoms with Gasteiger partial charge in [0.05, 0.1) is 5.69 Å². The number of anilines is 2. The molecular weight excluding hydrogens is 344 g/mol. The van der Waals surface area contributed by atoms with Gasteiger partial charge in [-0.1, -0.05) is 42.7 Å². The molecule has 2 aromatic rings. The Hall–Kier alpha value is -2.08. The number of rotatable bonds is 6. The maximum Gasteiger partial charge on any atom is 0.263 e. The summed E-state index contributed by atoms with van der Waals surface area (Å²) in [4.78, 5) is 19.9. The summed E-state index contributed by atoms with van der Waals surface area (Å²) in [5.41, 5.74) is 3.04. The summed E-state index contributed by atoms with van der Waals surface area (Å²) in [5, 5.41) is 7.39. The number of amides is 1. The van der Waals surface area contributed by atoms with Gasteiger partial charge in [-0.3, -0.25) is 4.79 Å². The minimum absolute atomic E-state index is 0.0478. The quantitative estimate of drug-likeness (QED) is 0.798. The molecule has 2 N–H and O–H groups in total. The molecule has 1 fully saturated rings. The lowest BCUT2D eigenvalue weighted by Crippen LogP contribution is -2.22. The number of carbonyl (C=O) groups is 1. The van der Waals surface area contributed by atoms with Gasteiger partial charge in [0.25, 0.3) is 5.91 Å². The van der Waals surface area contributed by atoms with E-state index in [1.807, 2.05) is 33.2 Å². The highest BCUT2D eigenvalue weighted by Gasteiger charge is 2.18. The molecule has 1 aromatic heterocycles. The van der Waals surface area contributed by atoms with Crippen molar-refractivity contribution in [2.24, 2.45) is 0 Å². The number of hydrogen-bond donors (Lipinski definition) is 2. The van der Waals surface area contributed by atoms with E-state index in [2.05, 4.69) is 32.7 Å². The lowest BCUT2D eigenvalue weighted by atomic mass is 9.96. The molecule has 0 atom stereocenters. The average molecular weight is 373 g/mol. The number of nitrogens with zero attached hydrogens (tertiary/aromatic N) is 2. The van der Waals surface area contributed by atoms with Crippen molar-refractivity contribution in [2.75, 3.05) is 24.3 Å². The van der Waals surface area contributed by atoms with Gasteiger partial charge in [0.1, 0.15) is 4.88 Å². The van der Waals surface area contributed by atoms with E-state index in [0.29, 0.717) is 17.5 Å². The molecule has 1 aromatic carbocycles. The van der Waals surface area contributed by atoms with Crippen LogP contribution < -0.4 is 15.5 Å². The van der Waals surface area contributed by atoms with Crippen LogP contribution in [0.5, 0.6) is 0 Å². The summed E-state index contributed by atoms with van der Waals surface area (Å²) in [7, 11) is 4.03. The monoisotopic (exact) mass is 372 g/mol. The second kappa shape index (κ2) is 8.54. The molecule has 1 saturated carbocycles. The van der Waals surface area contributed by atoms with Gasteiger partial charge in [0, 0.05) is 32.4 Å². The zero-order chi connectivity index (χ0) is 18.5. The Bertz CT molecular complexity index is 733. The number of aryl methyl sites for hydroxylation is 1. The lowest BCUT2D eigenvalue weighted by molar-refractivity contribution is 0.0954. The van der Waals surface area contributed by atoms with E-state index in [9.17, 15) is 4.79 Å². The third-order valence-corrected chi connectivity index (χ3v) is 5.93. The Balaban J connectivity index is 1.57. The average Bonchev–Trinajstić information content (AvgIpc) is 3.01. The van der Waals surface area contributed by atoms with Gasteiger partial charge >= 0.3 is 0 Å². The Morgan fingerprint density at radius 1 is 1.19 bits per heavy atom. The normalized spacial score (nSPS) is 14.9. The number of thiazole rings is 1. The van der Waals surface area contributed by atoms with E-state index in [0.717, 1.165) is 22.1 Å². The van der Waals surface area contributed by atoms with Crippen molar-refractivity contribution < 1.29 is 4.79 Å². The summed E-state index contributed by atoms with van der Waals surface area (Å²) < 4.78 is 0. The van der Waals surface area contributed by atoms with Crippen molar-refractivity contribution in [2.45, 2.75) is 51.6 Å². The molecule has 3 rings (SSSR count). The minimum atomic E-state index is -0.0478. The van der Waals surface area contributed by atoms with Gasteiger partial charge in [0.15, 0.2) is 5.13 Å². The molecule has 140 valence electrons. The molecule has 0 bridgehead atoms. The van der Waals surface area contributed by atoms with Crippen LogP contribution in [0.4, 0.5) is 10.8 Å². The Morgan fingerprint density at radius 3 is 2.54 bits per heavy atom. The van der Waals surface area contributed by atoms with Crippen LogP contribution in [0.3, 0.4) is 0 Å². The summed E-state index contributed by atoms with van der Waals surface area (Å²) in [6.07, 6.45) is 6.29. The van der Waals surface area contributed by atoms with Gasteiger partial charge < -0.3 is 15.5 Å². The van der Waals surface area contributed by atoms with E-state index < -0.39 is 0 Å². The molecule has 5 nitrogen and oxygen atoms in total. The largest absolute Gasteiger partial charge is 0.378 e. The van der Waals surface area contributed by atoms with Crippen LogP contribution >= 0.6 is 11.3 Å². The third kappa shape index (κ3) is 4.75. The molecule has 0 unspecified atom stereocenters. The maximum absolute atomic E-state index is 12.5. The molecule has 1 aliphatic rings. The van der Waals surface area contributed by atoms with Crippen LogP contribution in [0.15, 0.2) is 24.3 Å². The summed E-state index contributed by atoms with van der Waals surface area (Å²) >= 11 is 1.46. The molecule has 6 heteroatoms. The molecule has 0 saturated heterocycles. The molecule has 0 radical (unpaired) electrons. The van der Waals surface area contributed by atoms with Crippen molar-refractivity contribution in [3.8, 4) is 0 Å². The Morgan fingerprint density at radius 2 is 1.88 bits per heavy atom. The number of carbonyl (C=O) groups excluding carboxylic acids is 1. The van der Waals surface area contributed by atoms with Crippen molar-refractivity contribution >= 4 is 28.1 Å². The summed E-state index contributed by atoms with van der Waals surface area (Å²) in [5.74, 6) is -0.0478. The predicted molar refractivity (Wildman–Crippen MR) is 109 cm³/mol. The molecule has 1 heterocycles. The Kier molecular flexibility index (Phi) is 6.14. The van der Waals surface area contributed by atoms with Crippen LogP contribution in [0.1, 0.15) is 53.0 Å². The first-order valence-corrected chi connectivity index (χ1v) is 10.1. The fourth-order valence-electron chi connectivity index (χ4n) is 3.26. The molecule has 1 aliphatic carbocycles. The van der Waals surface area contributed by atoms with Crippen molar-refractivity contribution in [1.82, 2.24) is 10.3 Å². The topological polar surface area (TPSA) is 57.3 Å². The second-order valence-corrected chi connectivity index (χ2v) is 8.16. The minimum Gasteiger partial charge on any atom is -0.378 e. The van der Waals surface area contributed by atoms with E-state index in [-0.39, 0.29) is 5.91 Å². The molecule has 0 aliphatic heterocycles. The van der Waals surface area contributed by atoms with Crippen LogP contribution in [0.25, 0.3) is 0 Å². The van der Waals surface area contributed by atoms with Gasteiger partial charge in [-0.15, -0.1) is 0 Å². The molecular formula is C20H28N4OS. The fraction of sp³-hybridized carbons (Fsp3) is 0.500. The number of hydrogen-bond acceptors (Lipinski definition) is 5. The van der Waals surface area contributed by atoms with E-state index in [1.54, 1.807) is 0 Å². The van der Waals surface area contributed by atoms with Crippen LogP contribution in [-0.4, -0.2) is 31.0 Å². The standard InChI is InChI=1S/C20H28N4OS/c1-14-18(26-20(22-14)23-16-7-5-4-6-8-16)19(25)21-13-15-9-11-17(12-10-15)24(2)3/h9-12,16H,4-8,13H2,1-3H3,(H,21,25)(H,22,23). The van der Waals surface area contributed by atoms with Gasteiger partial charge in [-0.2, -0.15) is 0 Å². The SMILES string of the molecule is Cc1nc(NC2CCCCC2)sc1C(=O)NCc1ccc(N(C)C)cc1. The van der Waals surface area contributed by atoms with Crippen LogP contribution in [-0.2, 0) is 6.54 Å². The number of aromatic nitrogens is 1. The highest BCUT2D eigenvalue weighted by atomic mass is 32.1. The fourth-order valence-corrected chi connectivity index (χ4v) is 4.22. The Labute approximate surface area is 159 Å². The zero-order valence-corrected chi connectivity index (χ0v) is 16.7. The zero-order valence-electron chi connectivity index (χ0n) is 15.8. The highest BCUT2D eigenvalue weighted by molar-refractivity contribution is 7.17. The highest BCUT2D eigenvalue weighted by Crippen LogP contribution is 2.27. The predicted octanol–water partition coefficient (Wildman–Crippen LogP) is 4.19. The second-order valence-electron chi connectivity index (χ2n) is 7.16. The summed E-state index contributed by atoms with van der Waals surface area (Å²) in [6, 6.07) is 8.72. The van der Waals surface area contributed by atoms with Gasteiger partial charge in [-0.05, 0) is 37.5 Å².